The van der Waals surface area contributed by atoms with Crippen LogP contribution >= 0.6 is 0 Å². The SMILES string of the molecule is COCC(C)NC(=O)c1ccc2c(c1)CCCN2S(C)(=O)=O. The van der Waals surface area contributed by atoms with Crippen LogP contribution in [-0.2, 0) is 21.2 Å². The van der Waals surface area contributed by atoms with E-state index >= 15 is 0 Å². The molecular formula is C15H22N2O4S. The van der Waals surface area contributed by atoms with E-state index in [0.29, 0.717) is 24.4 Å². The van der Waals surface area contributed by atoms with Gasteiger partial charge in [0.15, 0.2) is 0 Å². The number of carbonyl (C=O) groups is 1. The monoisotopic (exact) mass is 326 g/mol. The van der Waals surface area contributed by atoms with Gasteiger partial charge in [-0.05, 0) is 43.5 Å². The number of ether oxygens (including phenoxy) is 1. The minimum absolute atomic E-state index is 0.0824. The third-order valence-corrected chi connectivity index (χ3v) is 4.79. The summed E-state index contributed by atoms with van der Waals surface area (Å²) in [5, 5.41) is 2.85. The first-order valence-electron chi connectivity index (χ1n) is 7.23. The highest BCUT2D eigenvalue weighted by atomic mass is 32.2. The standard InChI is InChI=1S/C15H22N2O4S/c1-11(10-21-2)16-15(18)13-6-7-14-12(9-13)5-4-8-17(14)22(3,19)20/h6-7,9,11H,4-5,8,10H2,1-3H3,(H,16,18). The van der Waals surface area contributed by atoms with Gasteiger partial charge in [-0.15, -0.1) is 0 Å². The van der Waals surface area contributed by atoms with Gasteiger partial charge in [0.1, 0.15) is 0 Å². The highest BCUT2D eigenvalue weighted by molar-refractivity contribution is 7.92. The average molecular weight is 326 g/mol. The molecule has 22 heavy (non-hydrogen) atoms. The molecular weight excluding hydrogens is 304 g/mol. The summed E-state index contributed by atoms with van der Waals surface area (Å²) in [7, 11) is -1.70. The van der Waals surface area contributed by atoms with Gasteiger partial charge in [-0.25, -0.2) is 8.42 Å². The second kappa shape index (κ2) is 6.66. The van der Waals surface area contributed by atoms with E-state index in [1.165, 1.54) is 10.6 Å². The highest BCUT2D eigenvalue weighted by Crippen LogP contribution is 2.29. The Balaban J connectivity index is 2.23. The third kappa shape index (κ3) is 3.78. The van der Waals surface area contributed by atoms with Crippen LogP contribution in [0.1, 0.15) is 29.3 Å². The molecule has 1 aliphatic heterocycles. The van der Waals surface area contributed by atoms with Crippen molar-refractivity contribution in [3.05, 3.63) is 29.3 Å². The molecule has 1 unspecified atom stereocenters. The van der Waals surface area contributed by atoms with E-state index in [-0.39, 0.29) is 11.9 Å². The smallest absolute Gasteiger partial charge is 0.251 e. The zero-order valence-corrected chi connectivity index (χ0v) is 13.9. The molecule has 1 heterocycles. The number of benzene rings is 1. The average Bonchev–Trinajstić information content (AvgIpc) is 2.45. The first-order valence-corrected chi connectivity index (χ1v) is 9.08. The van der Waals surface area contributed by atoms with Gasteiger partial charge in [0.25, 0.3) is 5.91 Å². The minimum atomic E-state index is -3.28. The van der Waals surface area contributed by atoms with Gasteiger partial charge in [-0.1, -0.05) is 0 Å². The summed E-state index contributed by atoms with van der Waals surface area (Å²) in [6.45, 7) is 2.80. The largest absolute Gasteiger partial charge is 0.383 e. The minimum Gasteiger partial charge on any atom is -0.383 e. The van der Waals surface area contributed by atoms with Gasteiger partial charge in [0.2, 0.25) is 10.0 Å². The van der Waals surface area contributed by atoms with Gasteiger partial charge < -0.3 is 10.1 Å². The van der Waals surface area contributed by atoms with Crippen molar-refractivity contribution in [1.29, 1.82) is 0 Å². The van der Waals surface area contributed by atoms with Crippen LogP contribution in [-0.4, -0.2) is 46.9 Å². The third-order valence-electron chi connectivity index (χ3n) is 3.61. The zero-order chi connectivity index (χ0) is 16.3. The molecule has 0 bridgehead atoms. The molecule has 0 radical (unpaired) electrons. The zero-order valence-electron chi connectivity index (χ0n) is 13.1. The van der Waals surface area contributed by atoms with E-state index in [1.54, 1.807) is 25.3 Å². The lowest BCUT2D eigenvalue weighted by atomic mass is 10.0. The van der Waals surface area contributed by atoms with Gasteiger partial charge in [-0.3, -0.25) is 9.10 Å². The van der Waals surface area contributed by atoms with Crippen molar-refractivity contribution in [2.75, 3.05) is 30.8 Å². The Labute approximate surface area is 131 Å². The van der Waals surface area contributed by atoms with E-state index in [2.05, 4.69) is 5.32 Å². The summed E-state index contributed by atoms with van der Waals surface area (Å²) in [6, 6.07) is 5.07. The van der Waals surface area contributed by atoms with Crippen molar-refractivity contribution in [2.24, 2.45) is 0 Å². The molecule has 6 nitrogen and oxygen atoms in total. The lowest BCUT2D eigenvalue weighted by Gasteiger charge is -2.29. The Morgan fingerprint density at radius 3 is 2.82 bits per heavy atom. The van der Waals surface area contributed by atoms with Crippen molar-refractivity contribution < 1.29 is 17.9 Å². The molecule has 1 aromatic carbocycles. The molecule has 1 atom stereocenters. The van der Waals surface area contributed by atoms with Gasteiger partial charge in [0, 0.05) is 25.3 Å². The number of nitrogens with zero attached hydrogens (tertiary/aromatic N) is 1. The number of amides is 1. The number of sulfonamides is 1. The number of anilines is 1. The van der Waals surface area contributed by atoms with Crippen molar-refractivity contribution >= 4 is 21.6 Å². The van der Waals surface area contributed by atoms with Crippen LogP contribution in [0.4, 0.5) is 5.69 Å². The molecule has 0 saturated heterocycles. The number of methoxy groups -OCH3 is 1. The van der Waals surface area contributed by atoms with E-state index in [1.807, 2.05) is 6.92 Å². The molecule has 1 N–H and O–H groups in total. The van der Waals surface area contributed by atoms with Gasteiger partial charge in [-0.2, -0.15) is 0 Å². The number of carbonyl (C=O) groups excluding carboxylic acids is 1. The number of fused-ring (bicyclic) bond motifs is 1. The molecule has 0 spiro atoms. The topological polar surface area (TPSA) is 75.7 Å². The van der Waals surface area contributed by atoms with Gasteiger partial charge in [0.05, 0.1) is 18.6 Å². The number of hydrogen-bond donors (Lipinski definition) is 1. The van der Waals surface area contributed by atoms with Crippen LogP contribution in [0.3, 0.4) is 0 Å². The predicted molar refractivity (Wildman–Crippen MR) is 85.8 cm³/mol. The van der Waals surface area contributed by atoms with Crippen molar-refractivity contribution in [3.63, 3.8) is 0 Å². The number of rotatable bonds is 5. The summed E-state index contributed by atoms with van der Waals surface area (Å²) in [6.07, 6.45) is 2.73. The molecule has 1 aliphatic rings. The Morgan fingerprint density at radius 1 is 1.45 bits per heavy atom. The van der Waals surface area contributed by atoms with Crippen LogP contribution in [0.15, 0.2) is 18.2 Å². The van der Waals surface area contributed by atoms with Crippen LogP contribution in [0.5, 0.6) is 0 Å². The molecule has 2 rings (SSSR count). The number of aryl methyl sites for hydroxylation is 1. The summed E-state index contributed by atoms with van der Waals surface area (Å²) in [4.78, 5) is 12.2. The lowest BCUT2D eigenvalue weighted by Crippen LogP contribution is -2.36. The second-order valence-corrected chi connectivity index (χ2v) is 7.52. The van der Waals surface area contributed by atoms with Crippen molar-refractivity contribution in [1.82, 2.24) is 5.32 Å². The normalized spacial score (nSPS) is 16.0. The Bertz CT molecular complexity index is 658. The van der Waals surface area contributed by atoms with Crippen molar-refractivity contribution in [3.8, 4) is 0 Å². The number of nitrogens with one attached hydrogen (secondary N) is 1. The predicted octanol–water partition coefficient (Wildman–Crippen LogP) is 1.16. The molecule has 1 aromatic rings. The van der Waals surface area contributed by atoms with Gasteiger partial charge >= 0.3 is 0 Å². The summed E-state index contributed by atoms with van der Waals surface area (Å²) < 4.78 is 30.0. The second-order valence-electron chi connectivity index (χ2n) is 5.61. The molecule has 0 fully saturated rings. The fourth-order valence-corrected chi connectivity index (χ4v) is 3.64. The van der Waals surface area contributed by atoms with E-state index in [0.717, 1.165) is 18.4 Å². The van der Waals surface area contributed by atoms with Crippen LogP contribution in [0.2, 0.25) is 0 Å². The first-order chi connectivity index (χ1) is 10.3. The quantitative estimate of drug-likeness (QED) is 0.881. The van der Waals surface area contributed by atoms with Crippen LogP contribution in [0.25, 0.3) is 0 Å². The first kappa shape index (κ1) is 16.8. The Morgan fingerprint density at radius 2 is 2.18 bits per heavy atom. The Hall–Kier alpha value is -1.60. The number of hydrogen-bond acceptors (Lipinski definition) is 4. The molecule has 0 aliphatic carbocycles. The highest BCUT2D eigenvalue weighted by Gasteiger charge is 2.24. The van der Waals surface area contributed by atoms with Crippen LogP contribution in [0, 0.1) is 0 Å². The Kier molecular flexibility index (Phi) is 5.08. The lowest BCUT2D eigenvalue weighted by molar-refractivity contribution is 0.0905. The summed E-state index contributed by atoms with van der Waals surface area (Å²) in [5.74, 6) is -0.177. The van der Waals surface area contributed by atoms with E-state index < -0.39 is 10.0 Å². The van der Waals surface area contributed by atoms with Crippen LogP contribution < -0.4 is 9.62 Å². The maximum absolute atomic E-state index is 12.2. The van der Waals surface area contributed by atoms with Crippen molar-refractivity contribution in [2.45, 2.75) is 25.8 Å². The molecule has 0 aromatic heterocycles. The fourth-order valence-electron chi connectivity index (χ4n) is 2.65. The summed E-state index contributed by atoms with van der Waals surface area (Å²) >= 11 is 0. The molecule has 0 saturated carbocycles. The molecule has 1 amide bonds. The maximum Gasteiger partial charge on any atom is 0.251 e. The van der Waals surface area contributed by atoms with E-state index in [4.69, 9.17) is 4.74 Å². The van der Waals surface area contributed by atoms with E-state index in [9.17, 15) is 13.2 Å². The maximum atomic E-state index is 12.2. The molecule has 122 valence electrons. The fraction of sp³-hybridized carbons (Fsp3) is 0.533. The summed E-state index contributed by atoms with van der Waals surface area (Å²) in [5.41, 5.74) is 2.11. The molecule has 7 heteroatoms.